The molecule has 2 nitrogen and oxygen atoms in total. The van der Waals surface area contributed by atoms with Crippen molar-refractivity contribution in [2.75, 3.05) is 9.80 Å². The molecule has 0 radical (unpaired) electrons. The van der Waals surface area contributed by atoms with E-state index in [0.717, 1.165) is 30.6 Å². The third-order valence-corrected chi connectivity index (χ3v) is 19.4. The molecule has 0 amide bonds. The predicted molar refractivity (Wildman–Crippen MR) is 336 cm³/mol. The van der Waals surface area contributed by atoms with E-state index in [0.29, 0.717) is 17.1 Å². The van der Waals surface area contributed by atoms with Crippen LogP contribution in [0.1, 0.15) is 30.7 Å². The number of thioether (sulfide) groups is 1. The standard InChI is InChI=1S/C74H52N2S2/c1-5-21-49(22-6-1)75(50-23-7-2-8-24-50)73-59-33-17-13-29-53(59)69(54-30-14-18-34-60(54)73)47-37-39-63-67(45-47)77-65-43-41-58-57(71(63)65)42-44-66-72(58)64-40-38-48(46-68(64)78-66)70-55-31-15-19-35-61(55)74(62-36-20-16-32-56(62)70)76(51-25-9-3-10-26-51)52-27-11-4-12-28-52/h1-3,5-11,13-40,42-46,58,66,72H,4,12,41H2. The van der Waals surface area contributed by atoms with E-state index < -0.39 is 0 Å². The zero-order valence-electron chi connectivity index (χ0n) is 42.9. The van der Waals surface area contributed by atoms with Crippen LogP contribution in [-0.2, 0) is 0 Å². The third-order valence-electron chi connectivity index (χ3n) is 17.0. The number of anilines is 5. The lowest BCUT2D eigenvalue weighted by Gasteiger charge is -2.33. The molecule has 370 valence electrons. The van der Waals surface area contributed by atoms with Crippen LogP contribution in [0.5, 0.6) is 0 Å². The van der Waals surface area contributed by atoms with Gasteiger partial charge in [0.05, 0.1) is 11.4 Å². The summed E-state index contributed by atoms with van der Waals surface area (Å²) in [4.78, 5) is 6.35. The summed E-state index contributed by atoms with van der Waals surface area (Å²) in [5, 5.41) is 13.3. The van der Waals surface area contributed by atoms with Gasteiger partial charge in [0, 0.05) is 80.2 Å². The van der Waals surface area contributed by atoms with E-state index in [2.05, 4.69) is 282 Å². The molecule has 0 bridgehead atoms. The SMILES string of the molecule is C1=CC(N(c2ccccc2)c2c3ccccc3c(-c3ccc4c(c3)SC3C=CC5=c6c(sc7cc(-c8c9ccccc9c(N(c9ccccc9)c9ccccc9)c9ccccc89)ccc67)=CCC5C43)c3ccccc23)=CCC1. The molecule has 16 rings (SSSR count). The summed E-state index contributed by atoms with van der Waals surface area (Å²) in [6, 6.07) is 83.6. The van der Waals surface area contributed by atoms with Gasteiger partial charge in [-0.1, -0.05) is 206 Å². The van der Waals surface area contributed by atoms with Crippen LogP contribution in [0, 0.1) is 5.92 Å². The summed E-state index contributed by atoms with van der Waals surface area (Å²) < 4.78 is 2.76. The van der Waals surface area contributed by atoms with Gasteiger partial charge in [0.2, 0.25) is 0 Å². The van der Waals surface area contributed by atoms with Gasteiger partial charge in [-0.15, -0.1) is 23.1 Å². The minimum atomic E-state index is 0.395. The molecule has 12 aromatic rings. The van der Waals surface area contributed by atoms with Crippen LogP contribution < -0.4 is 19.6 Å². The van der Waals surface area contributed by atoms with Crippen molar-refractivity contribution in [2.24, 2.45) is 5.92 Å². The van der Waals surface area contributed by atoms with Crippen molar-refractivity contribution < 1.29 is 0 Å². The molecule has 3 aliphatic carbocycles. The van der Waals surface area contributed by atoms with Gasteiger partial charge in [-0.3, -0.25) is 0 Å². The van der Waals surface area contributed by atoms with Gasteiger partial charge < -0.3 is 9.80 Å². The molecule has 0 saturated carbocycles. The van der Waals surface area contributed by atoms with Crippen LogP contribution >= 0.6 is 23.1 Å². The number of nitrogens with zero attached hydrogens (tertiary/aromatic N) is 2. The molecule has 78 heavy (non-hydrogen) atoms. The van der Waals surface area contributed by atoms with Gasteiger partial charge in [0.25, 0.3) is 0 Å². The number of rotatable bonds is 8. The summed E-state index contributed by atoms with van der Waals surface area (Å²) in [7, 11) is 0. The Morgan fingerprint density at radius 3 is 1.47 bits per heavy atom. The van der Waals surface area contributed by atoms with Crippen molar-refractivity contribution in [2.45, 2.75) is 35.3 Å². The fraction of sp³-hybridized carbons (Fsp3) is 0.0811. The van der Waals surface area contributed by atoms with E-state index in [1.807, 2.05) is 11.3 Å². The van der Waals surface area contributed by atoms with E-state index in [9.17, 15) is 0 Å². The first-order valence-electron chi connectivity index (χ1n) is 27.5. The lowest BCUT2D eigenvalue weighted by molar-refractivity contribution is 0.538. The molecule has 4 aliphatic rings. The van der Waals surface area contributed by atoms with E-state index in [1.165, 1.54) is 124 Å². The summed E-state index contributed by atoms with van der Waals surface area (Å²) >= 11 is 4.04. The van der Waals surface area contributed by atoms with E-state index >= 15 is 0 Å². The van der Waals surface area contributed by atoms with Gasteiger partial charge in [0.1, 0.15) is 0 Å². The largest absolute Gasteiger partial charge is 0.310 e. The zero-order valence-corrected chi connectivity index (χ0v) is 44.5. The van der Waals surface area contributed by atoms with Gasteiger partial charge in [-0.05, 0) is 135 Å². The van der Waals surface area contributed by atoms with Crippen molar-refractivity contribution in [3.05, 3.63) is 276 Å². The summed E-state index contributed by atoms with van der Waals surface area (Å²) in [6.07, 6.45) is 17.8. The van der Waals surface area contributed by atoms with Crippen LogP contribution in [0.25, 0.3) is 87.1 Å². The van der Waals surface area contributed by atoms with Crippen LogP contribution in [0.4, 0.5) is 28.4 Å². The molecule has 4 heteroatoms. The molecule has 3 unspecified atom stereocenters. The number of benzene rings is 11. The second kappa shape index (κ2) is 18.5. The maximum atomic E-state index is 2.57. The first-order valence-corrected chi connectivity index (χ1v) is 29.2. The second-order valence-corrected chi connectivity index (χ2v) is 23.5. The molecule has 11 aromatic carbocycles. The van der Waals surface area contributed by atoms with Crippen LogP contribution in [-0.4, -0.2) is 5.25 Å². The van der Waals surface area contributed by atoms with Crippen molar-refractivity contribution in [3.8, 4) is 22.3 Å². The van der Waals surface area contributed by atoms with E-state index in [1.54, 1.807) is 0 Å². The minimum absolute atomic E-state index is 0.395. The van der Waals surface area contributed by atoms with Crippen molar-refractivity contribution in [3.63, 3.8) is 0 Å². The topological polar surface area (TPSA) is 6.48 Å². The molecular weight excluding hydrogens is 981 g/mol. The average Bonchev–Trinajstić information content (AvgIpc) is 4.26. The quantitative estimate of drug-likeness (QED) is 0.140. The van der Waals surface area contributed by atoms with Crippen LogP contribution in [0.15, 0.2) is 265 Å². The highest BCUT2D eigenvalue weighted by Crippen LogP contribution is 2.57. The number of fused-ring (bicyclic) bond motifs is 12. The molecular formula is C74H52N2S2. The Kier molecular flexibility index (Phi) is 10.8. The molecule has 2 heterocycles. The zero-order chi connectivity index (χ0) is 51.3. The molecule has 0 spiro atoms. The lowest BCUT2D eigenvalue weighted by Crippen LogP contribution is -2.34. The van der Waals surface area contributed by atoms with Crippen LogP contribution in [0.3, 0.4) is 0 Å². The van der Waals surface area contributed by atoms with Crippen molar-refractivity contribution in [1.82, 2.24) is 0 Å². The summed E-state index contributed by atoms with van der Waals surface area (Å²) in [6.45, 7) is 0. The highest BCUT2D eigenvalue weighted by molar-refractivity contribution is 8.00. The smallest absolute Gasteiger partial charge is 0.0618 e. The average molecular weight is 1030 g/mol. The van der Waals surface area contributed by atoms with Gasteiger partial charge in [-0.2, -0.15) is 0 Å². The summed E-state index contributed by atoms with van der Waals surface area (Å²) in [5.41, 5.74) is 15.2. The van der Waals surface area contributed by atoms with Crippen molar-refractivity contribution in [1.29, 1.82) is 0 Å². The van der Waals surface area contributed by atoms with Gasteiger partial charge in [-0.25, -0.2) is 0 Å². The Balaban J connectivity index is 0.797. The molecule has 0 fully saturated rings. The highest BCUT2D eigenvalue weighted by Gasteiger charge is 2.42. The number of para-hydroxylation sites is 3. The highest BCUT2D eigenvalue weighted by atomic mass is 32.2. The first-order chi connectivity index (χ1) is 38.7. The minimum Gasteiger partial charge on any atom is -0.310 e. The third kappa shape index (κ3) is 7.17. The fourth-order valence-electron chi connectivity index (χ4n) is 13.7. The Bertz CT molecular complexity index is 4490. The Morgan fingerprint density at radius 1 is 0.423 bits per heavy atom. The maximum Gasteiger partial charge on any atom is 0.0618 e. The monoisotopic (exact) mass is 1030 g/mol. The molecule has 0 saturated heterocycles. The van der Waals surface area contributed by atoms with Crippen molar-refractivity contribution >= 4 is 116 Å². The number of hydrogen-bond acceptors (Lipinski definition) is 4. The molecule has 1 aliphatic heterocycles. The fourth-order valence-corrected chi connectivity index (χ4v) is 16.4. The van der Waals surface area contributed by atoms with E-state index in [-0.39, 0.29) is 0 Å². The van der Waals surface area contributed by atoms with Crippen LogP contribution in [0.2, 0.25) is 0 Å². The normalized spacial score (nSPS) is 17.2. The lowest BCUT2D eigenvalue weighted by atomic mass is 9.72. The predicted octanol–water partition coefficient (Wildman–Crippen LogP) is 19.5. The summed E-state index contributed by atoms with van der Waals surface area (Å²) in [5.74, 6) is 0.822. The maximum absolute atomic E-state index is 2.57. The molecule has 0 N–H and O–H groups in total. The van der Waals surface area contributed by atoms with Gasteiger partial charge in [0.15, 0.2) is 0 Å². The second-order valence-electron chi connectivity index (χ2n) is 21.2. The van der Waals surface area contributed by atoms with Gasteiger partial charge >= 0.3 is 0 Å². The molecule has 3 atom stereocenters. The number of hydrogen-bond donors (Lipinski definition) is 0. The Labute approximate surface area is 462 Å². The van der Waals surface area contributed by atoms with E-state index in [4.69, 9.17) is 0 Å². The molecule has 1 aromatic heterocycles. The number of allylic oxidation sites excluding steroid dienone is 4. The Hall–Kier alpha value is -8.67. The Morgan fingerprint density at radius 2 is 0.923 bits per heavy atom. The number of thiophene rings is 1. The first kappa shape index (κ1) is 45.5.